The fourth-order valence-electron chi connectivity index (χ4n) is 1.97. The molecule has 0 aliphatic heterocycles. The molecular weight excluding hydrogens is 309 g/mol. The molecule has 0 fully saturated rings. The van der Waals surface area contributed by atoms with Gasteiger partial charge in [0.1, 0.15) is 0 Å². The zero-order chi connectivity index (χ0) is 15.4. The fraction of sp³-hybridized carbons (Fsp3) is 0.125. The van der Waals surface area contributed by atoms with Crippen molar-refractivity contribution in [3.63, 3.8) is 0 Å². The number of nitrogens with zero attached hydrogens (tertiary/aromatic N) is 1. The molecule has 2 aromatic carbocycles. The Kier molecular flexibility index (Phi) is 4.99. The molecule has 1 amide bonds. The van der Waals surface area contributed by atoms with Gasteiger partial charge in [-0.3, -0.25) is 9.59 Å². The highest BCUT2D eigenvalue weighted by Gasteiger charge is 2.22. The monoisotopic (exact) mass is 321 g/mol. The standard InChI is InChI=1S/C16H13Cl2NO2/c1-19(16(21)15(17)18)13-10-6-5-9-12(13)14(20)11-7-3-2-4-8-11/h2-10,15H,1H3. The minimum atomic E-state index is -1.17. The molecule has 0 aliphatic carbocycles. The predicted octanol–water partition coefficient (Wildman–Crippen LogP) is 3.68. The lowest BCUT2D eigenvalue weighted by Crippen LogP contribution is -2.32. The molecule has 3 nitrogen and oxygen atoms in total. The first kappa shape index (κ1) is 15.5. The van der Waals surface area contributed by atoms with Crippen molar-refractivity contribution in [3.05, 3.63) is 65.7 Å². The van der Waals surface area contributed by atoms with Crippen LogP contribution in [-0.4, -0.2) is 23.6 Å². The van der Waals surface area contributed by atoms with Gasteiger partial charge in [0, 0.05) is 18.2 Å². The van der Waals surface area contributed by atoms with Crippen LogP contribution in [0.3, 0.4) is 0 Å². The molecule has 0 unspecified atom stereocenters. The second-order valence-electron chi connectivity index (χ2n) is 4.41. The van der Waals surface area contributed by atoms with Gasteiger partial charge in [0.2, 0.25) is 0 Å². The van der Waals surface area contributed by atoms with E-state index in [2.05, 4.69) is 0 Å². The number of carbonyl (C=O) groups is 2. The van der Waals surface area contributed by atoms with Crippen molar-refractivity contribution >= 4 is 40.6 Å². The zero-order valence-corrected chi connectivity index (χ0v) is 12.8. The molecule has 21 heavy (non-hydrogen) atoms. The van der Waals surface area contributed by atoms with E-state index < -0.39 is 10.7 Å². The van der Waals surface area contributed by atoms with Crippen LogP contribution in [0.15, 0.2) is 54.6 Å². The molecule has 0 heterocycles. The molecule has 0 aromatic heterocycles. The summed E-state index contributed by atoms with van der Waals surface area (Å²) in [4.78, 5) is 24.6. The van der Waals surface area contributed by atoms with E-state index in [9.17, 15) is 9.59 Å². The van der Waals surface area contributed by atoms with Gasteiger partial charge in [-0.25, -0.2) is 0 Å². The number of amides is 1. The normalized spacial score (nSPS) is 10.5. The summed E-state index contributed by atoms with van der Waals surface area (Å²) in [5.41, 5.74) is 1.45. The summed E-state index contributed by atoms with van der Waals surface area (Å²) in [6, 6.07) is 15.7. The maximum absolute atomic E-state index is 12.6. The van der Waals surface area contributed by atoms with Crippen LogP contribution in [0.1, 0.15) is 15.9 Å². The summed E-state index contributed by atoms with van der Waals surface area (Å²) in [7, 11) is 1.54. The van der Waals surface area contributed by atoms with Crippen LogP contribution in [0.4, 0.5) is 5.69 Å². The molecule has 2 rings (SSSR count). The Labute approximate surface area is 133 Å². The van der Waals surface area contributed by atoms with Crippen LogP contribution >= 0.6 is 23.2 Å². The van der Waals surface area contributed by atoms with Gasteiger partial charge in [-0.1, -0.05) is 65.7 Å². The highest BCUT2D eigenvalue weighted by atomic mass is 35.5. The topological polar surface area (TPSA) is 37.4 Å². The smallest absolute Gasteiger partial charge is 0.260 e. The van der Waals surface area contributed by atoms with E-state index in [1.807, 2.05) is 6.07 Å². The average Bonchev–Trinajstić information content (AvgIpc) is 2.53. The summed E-state index contributed by atoms with van der Waals surface area (Å²) in [6.45, 7) is 0. The number of rotatable bonds is 4. The van der Waals surface area contributed by atoms with Crippen molar-refractivity contribution in [2.24, 2.45) is 0 Å². The minimum absolute atomic E-state index is 0.161. The number of alkyl halides is 2. The van der Waals surface area contributed by atoms with E-state index in [1.54, 1.807) is 48.5 Å². The molecule has 5 heteroatoms. The van der Waals surface area contributed by atoms with Crippen molar-refractivity contribution < 1.29 is 9.59 Å². The van der Waals surface area contributed by atoms with E-state index in [0.29, 0.717) is 16.8 Å². The molecule has 0 bridgehead atoms. The number of para-hydroxylation sites is 1. The van der Waals surface area contributed by atoms with E-state index in [-0.39, 0.29) is 5.78 Å². The Morgan fingerprint density at radius 2 is 1.52 bits per heavy atom. The highest BCUT2D eigenvalue weighted by Crippen LogP contribution is 2.24. The predicted molar refractivity (Wildman–Crippen MR) is 85.2 cm³/mol. The summed E-state index contributed by atoms with van der Waals surface area (Å²) in [5.74, 6) is -0.641. The number of ketones is 1. The third kappa shape index (κ3) is 3.43. The van der Waals surface area contributed by atoms with E-state index in [1.165, 1.54) is 11.9 Å². The molecule has 0 N–H and O–H groups in total. The first-order valence-electron chi connectivity index (χ1n) is 6.27. The van der Waals surface area contributed by atoms with Gasteiger partial charge in [0.05, 0.1) is 5.69 Å². The SMILES string of the molecule is CN(C(=O)C(Cl)Cl)c1ccccc1C(=O)c1ccccc1. The summed E-state index contributed by atoms with van der Waals surface area (Å²) >= 11 is 11.2. The Morgan fingerprint density at radius 3 is 2.14 bits per heavy atom. The molecular formula is C16H13Cl2NO2. The number of hydrogen-bond acceptors (Lipinski definition) is 2. The van der Waals surface area contributed by atoms with Crippen molar-refractivity contribution in [2.45, 2.75) is 4.84 Å². The summed E-state index contributed by atoms with van der Waals surface area (Å²) in [6.07, 6.45) is 0. The molecule has 108 valence electrons. The van der Waals surface area contributed by atoms with Crippen molar-refractivity contribution in [1.29, 1.82) is 0 Å². The molecule has 0 aliphatic rings. The van der Waals surface area contributed by atoms with Crippen LogP contribution in [0.5, 0.6) is 0 Å². The molecule has 0 radical (unpaired) electrons. The maximum Gasteiger partial charge on any atom is 0.260 e. The van der Waals surface area contributed by atoms with E-state index in [4.69, 9.17) is 23.2 Å². The van der Waals surface area contributed by atoms with Gasteiger partial charge in [-0.2, -0.15) is 0 Å². The number of benzene rings is 2. The number of halogens is 2. The molecule has 0 saturated carbocycles. The van der Waals surface area contributed by atoms with Gasteiger partial charge in [0.25, 0.3) is 5.91 Å². The number of carbonyl (C=O) groups excluding carboxylic acids is 2. The fourth-order valence-corrected chi connectivity index (χ4v) is 2.26. The number of hydrogen-bond donors (Lipinski definition) is 0. The number of anilines is 1. The molecule has 0 saturated heterocycles. The highest BCUT2D eigenvalue weighted by molar-refractivity contribution is 6.54. The lowest BCUT2D eigenvalue weighted by atomic mass is 10.0. The van der Waals surface area contributed by atoms with Crippen molar-refractivity contribution in [1.82, 2.24) is 0 Å². The third-order valence-corrected chi connectivity index (χ3v) is 3.44. The Morgan fingerprint density at radius 1 is 0.952 bits per heavy atom. The zero-order valence-electron chi connectivity index (χ0n) is 11.3. The summed E-state index contributed by atoms with van der Waals surface area (Å²) < 4.78 is 0. The van der Waals surface area contributed by atoms with Crippen LogP contribution in [0.25, 0.3) is 0 Å². The molecule has 0 spiro atoms. The molecule has 2 aromatic rings. The average molecular weight is 322 g/mol. The largest absolute Gasteiger partial charge is 0.312 e. The summed E-state index contributed by atoms with van der Waals surface area (Å²) in [5, 5.41) is 0. The van der Waals surface area contributed by atoms with Gasteiger partial charge in [-0.15, -0.1) is 0 Å². The molecule has 0 atom stereocenters. The van der Waals surface area contributed by atoms with Gasteiger partial charge >= 0.3 is 0 Å². The van der Waals surface area contributed by atoms with Crippen LogP contribution in [0, 0.1) is 0 Å². The van der Waals surface area contributed by atoms with E-state index in [0.717, 1.165) is 0 Å². The van der Waals surface area contributed by atoms with Crippen molar-refractivity contribution in [3.8, 4) is 0 Å². The second-order valence-corrected chi connectivity index (χ2v) is 5.51. The minimum Gasteiger partial charge on any atom is -0.312 e. The first-order valence-corrected chi connectivity index (χ1v) is 7.14. The van der Waals surface area contributed by atoms with Crippen molar-refractivity contribution in [2.75, 3.05) is 11.9 Å². The quantitative estimate of drug-likeness (QED) is 0.636. The van der Waals surface area contributed by atoms with Gasteiger partial charge < -0.3 is 4.90 Å². The maximum atomic E-state index is 12.6. The lowest BCUT2D eigenvalue weighted by Gasteiger charge is -2.20. The Bertz CT molecular complexity index is 656. The third-order valence-electron chi connectivity index (χ3n) is 3.06. The first-order chi connectivity index (χ1) is 10.0. The lowest BCUT2D eigenvalue weighted by molar-refractivity contribution is -0.116. The van der Waals surface area contributed by atoms with Gasteiger partial charge in [0.15, 0.2) is 10.6 Å². The second kappa shape index (κ2) is 6.74. The van der Waals surface area contributed by atoms with Crippen LogP contribution in [-0.2, 0) is 4.79 Å². The van der Waals surface area contributed by atoms with Crippen LogP contribution < -0.4 is 4.90 Å². The van der Waals surface area contributed by atoms with Gasteiger partial charge in [-0.05, 0) is 12.1 Å². The Balaban J connectivity index is 2.42. The Hall–Kier alpha value is -1.84. The van der Waals surface area contributed by atoms with Crippen LogP contribution in [0.2, 0.25) is 0 Å². The van der Waals surface area contributed by atoms with E-state index >= 15 is 0 Å².